The molecule has 2 N–H and O–H groups in total. The molecule has 0 atom stereocenters. The van der Waals surface area contributed by atoms with Crippen LogP contribution in [0.1, 0.15) is 5.56 Å². The van der Waals surface area contributed by atoms with E-state index in [0.29, 0.717) is 11.3 Å². The van der Waals surface area contributed by atoms with Gasteiger partial charge in [-0.2, -0.15) is 5.10 Å². The Morgan fingerprint density at radius 2 is 2.00 bits per heavy atom. The molecule has 0 amide bonds. The molecule has 0 radical (unpaired) electrons. The summed E-state index contributed by atoms with van der Waals surface area (Å²) in [6, 6.07) is 13.0. The molecule has 0 spiro atoms. The largest absolute Gasteiger partial charge is 0.504 e. The third-order valence-corrected chi connectivity index (χ3v) is 2.92. The van der Waals surface area contributed by atoms with Gasteiger partial charge in [0.25, 0.3) is 0 Å². The number of hydrazone groups is 1. The van der Waals surface area contributed by atoms with Crippen LogP contribution in [0, 0.1) is 0 Å². The summed E-state index contributed by atoms with van der Waals surface area (Å²) in [6.45, 7) is 0. The van der Waals surface area contributed by atoms with Gasteiger partial charge in [0.2, 0.25) is 0 Å². The monoisotopic (exact) mass is 320 g/mol. The van der Waals surface area contributed by atoms with Crippen molar-refractivity contribution in [2.45, 2.75) is 0 Å². The first kappa shape index (κ1) is 13.4. The van der Waals surface area contributed by atoms with Crippen LogP contribution in [0.4, 0.5) is 5.69 Å². The predicted octanol–water partition coefficient (Wildman–Crippen LogP) is 3.61. The molecule has 0 aromatic heterocycles. The van der Waals surface area contributed by atoms with Gasteiger partial charge >= 0.3 is 0 Å². The Hall–Kier alpha value is -2.01. The number of nitrogens with one attached hydrogen (secondary N) is 1. The zero-order valence-electron chi connectivity index (χ0n) is 10.3. The number of halogens is 1. The normalized spacial score (nSPS) is 10.6. The summed E-state index contributed by atoms with van der Waals surface area (Å²) >= 11 is 3.35. The Morgan fingerprint density at radius 1 is 1.26 bits per heavy atom. The highest BCUT2D eigenvalue weighted by atomic mass is 79.9. The van der Waals surface area contributed by atoms with Gasteiger partial charge < -0.3 is 9.84 Å². The molecule has 4 nitrogen and oxygen atoms in total. The second-order valence-corrected chi connectivity index (χ2v) is 4.70. The highest BCUT2D eigenvalue weighted by molar-refractivity contribution is 9.10. The first-order chi connectivity index (χ1) is 9.20. The maximum Gasteiger partial charge on any atom is 0.166 e. The molecule has 19 heavy (non-hydrogen) atoms. The van der Waals surface area contributed by atoms with E-state index in [1.54, 1.807) is 12.1 Å². The molecule has 0 unspecified atom stereocenters. The molecule has 98 valence electrons. The van der Waals surface area contributed by atoms with Crippen LogP contribution in [-0.4, -0.2) is 18.4 Å². The molecule has 0 bridgehead atoms. The molecule has 5 heteroatoms. The van der Waals surface area contributed by atoms with E-state index in [1.165, 1.54) is 13.3 Å². The topological polar surface area (TPSA) is 53.8 Å². The van der Waals surface area contributed by atoms with Gasteiger partial charge in [-0.3, -0.25) is 5.43 Å². The fourth-order valence-electron chi connectivity index (χ4n) is 1.54. The number of rotatable bonds is 4. The molecule has 0 fully saturated rings. The predicted molar refractivity (Wildman–Crippen MR) is 80.0 cm³/mol. The number of anilines is 1. The van der Waals surface area contributed by atoms with Gasteiger partial charge in [-0.15, -0.1) is 0 Å². The van der Waals surface area contributed by atoms with Crippen molar-refractivity contribution >= 4 is 27.8 Å². The summed E-state index contributed by atoms with van der Waals surface area (Å²) in [5, 5.41) is 14.0. The Morgan fingerprint density at radius 3 is 2.68 bits per heavy atom. The zero-order chi connectivity index (χ0) is 13.7. The van der Waals surface area contributed by atoms with Gasteiger partial charge in [0.15, 0.2) is 11.5 Å². The fraction of sp³-hybridized carbons (Fsp3) is 0.0714. The maximum absolute atomic E-state index is 9.95. The van der Waals surface area contributed by atoms with Gasteiger partial charge in [-0.05, 0) is 24.3 Å². The van der Waals surface area contributed by atoms with Crippen LogP contribution in [0.2, 0.25) is 0 Å². The lowest BCUT2D eigenvalue weighted by Gasteiger charge is -2.06. The van der Waals surface area contributed by atoms with Gasteiger partial charge in [0, 0.05) is 10.0 Å². The first-order valence-corrected chi connectivity index (χ1v) is 6.40. The maximum atomic E-state index is 9.95. The summed E-state index contributed by atoms with van der Waals surface area (Å²) in [5.41, 5.74) is 4.32. The van der Waals surface area contributed by atoms with E-state index in [0.717, 1.165) is 10.2 Å². The quantitative estimate of drug-likeness (QED) is 0.668. The second-order valence-electron chi connectivity index (χ2n) is 3.78. The molecule has 2 aromatic rings. The minimum absolute atomic E-state index is 0.0595. The van der Waals surface area contributed by atoms with E-state index in [9.17, 15) is 5.11 Å². The van der Waals surface area contributed by atoms with Crippen molar-refractivity contribution in [3.63, 3.8) is 0 Å². The van der Waals surface area contributed by atoms with Crippen molar-refractivity contribution < 1.29 is 9.84 Å². The third kappa shape index (κ3) is 3.48. The minimum Gasteiger partial charge on any atom is -0.504 e. The first-order valence-electron chi connectivity index (χ1n) is 5.61. The Bertz CT molecular complexity index is 585. The van der Waals surface area contributed by atoms with E-state index in [2.05, 4.69) is 26.5 Å². The number of para-hydroxylation sites is 1. The van der Waals surface area contributed by atoms with Crippen LogP contribution in [0.25, 0.3) is 0 Å². The number of aromatic hydroxyl groups is 1. The van der Waals surface area contributed by atoms with Gasteiger partial charge in [0.05, 0.1) is 19.0 Å². The van der Waals surface area contributed by atoms with Crippen molar-refractivity contribution in [2.24, 2.45) is 5.10 Å². The Balaban J connectivity index is 2.17. The summed E-state index contributed by atoms with van der Waals surface area (Å²) in [6.07, 6.45) is 1.54. The van der Waals surface area contributed by atoms with Crippen LogP contribution < -0.4 is 10.2 Å². The molecule has 2 rings (SSSR count). The molecule has 0 aliphatic carbocycles. The van der Waals surface area contributed by atoms with E-state index in [4.69, 9.17) is 4.74 Å². The number of phenolic OH excluding ortho intramolecular Hbond substituents is 1. The van der Waals surface area contributed by atoms with E-state index in [1.807, 2.05) is 30.3 Å². The number of benzene rings is 2. The van der Waals surface area contributed by atoms with Crippen molar-refractivity contribution in [2.75, 3.05) is 12.5 Å². The summed E-state index contributed by atoms with van der Waals surface area (Å²) in [7, 11) is 1.50. The van der Waals surface area contributed by atoms with Crippen molar-refractivity contribution in [1.29, 1.82) is 0 Å². The lowest BCUT2D eigenvalue weighted by atomic mass is 10.2. The highest BCUT2D eigenvalue weighted by Crippen LogP contribution is 2.32. The van der Waals surface area contributed by atoms with Crippen LogP contribution in [-0.2, 0) is 0 Å². The summed E-state index contributed by atoms with van der Waals surface area (Å²) in [4.78, 5) is 0. The molecular weight excluding hydrogens is 308 g/mol. The van der Waals surface area contributed by atoms with E-state index < -0.39 is 0 Å². The Kier molecular flexibility index (Phi) is 4.41. The van der Waals surface area contributed by atoms with Crippen molar-refractivity contribution in [3.8, 4) is 11.5 Å². The van der Waals surface area contributed by atoms with E-state index >= 15 is 0 Å². The SMILES string of the molecule is COc1cc(Br)cc(/C=N/Nc2ccccc2)c1O. The number of nitrogens with zero attached hydrogens (tertiary/aromatic N) is 1. The summed E-state index contributed by atoms with van der Waals surface area (Å²) < 4.78 is 5.88. The van der Waals surface area contributed by atoms with Crippen LogP contribution in [0.3, 0.4) is 0 Å². The number of methoxy groups -OCH3 is 1. The minimum atomic E-state index is 0.0595. The molecule has 0 aliphatic heterocycles. The van der Waals surface area contributed by atoms with Crippen molar-refractivity contribution in [3.05, 3.63) is 52.5 Å². The number of hydrogen-bond donors (Lipinski definition) is 2. The number of ether oxygens (including phenoxy) is 1. The molecule has 0 heterocycles. The second kappa shape index (κ2) is 6.24. The van der Waals surface area contributed by atoms with Crippen molar-refractivity contribution in [1.82, 2.24) is 0 Å². The average Bonchev–Trinajstić information content (AvgIpc) is 2.43. The molecule has 2 aromatic carbocycles. The lowest BCUT2D eigenvalue weighted by Crippen LogP contribution is -1.93. The fourth-order valence-corrected chi connectivity index (χ4v) is 1.99. The highest BCUT2D eigenvalue weighted by Gasteiger charge is 2.07. The van der Waals surface area contributed by atoms with Crippen LogP contribution in [0.15, 0.2) is 52.0 Å². The lowest BCUT2D eigenvalue weighted by molar-refractivity contribution is 0.373. The molecule has 0 aliphatic rings. The smallest absolute Gasteiger partial charge is 0.166 e. The number of hydrogen-bond acceptors (Lipinski definition) is 4. The molecular formula is C14H13BrN2O2. The summed E-state index contributed by atoms with van der Waals surface area (Å²) in [5.74, 6) is 0.458. The zero-order valence-corrected chi connectivity index (χ0v) is 11.9. The third-order valence-electron chi connectivity index (χ3n) is 2.46. The molecule has 0 saturated heterocycles. The van der Waals surface area contributed by atoms with Crippen LogP contribution in [0.5, 0.6) is 11.5 Å². The molecule has 0 saturated carbocycles. The standard InChI is InChI=1S/C14H13BrN2O2/c1-19-13-8-11(15)7-10(14(13)18)9-16-17-12-5-3-2-4-6-12/h2-9,17-18H,1H3/b16-9+. The Labute approximate surface area is 119 Å². The van der Waals surface area contributed by atoms with Gasteiger partial charge in [-0.25, -0.2) is 0 Å². The van der Waals surface area contributed by atoms with E-state index in [-0.39, 0.29) is 5.75 Å². The number of phenols is 1. The van der Waals surface area contributed by atoms with Gasteiger partial charge in [0.1, 0.15) is 0 Å². The average molecular weight is 321 g/mol. The van der Waals surface area contributed by atoms with Crippen LogP contribution >= 0.6 is 15.9 Å². The van der Waals surface area contributed by atoms with Gasteiger partial charge in [-0.1, -0.05) is 34.1 Å².